The number of benzene rings is 2. The van der Waals surface area contributed by atoms with Gasteiger partial charge < -0.3 is 20.3 Å². The van der Waals surface area contributed by atoms with E-state index in [4.69, 9.17) is 4.74 Å². The Labute approximate surface area is 195 Å². The predicted octanol–water partition coefficient (Wildman–Crippen LogP) is 5.01. The first kappa shape index (κ1) is 24.6. The number of carbonyl (C=O) groups is 2. The largest absolute Gasteiger partial charge is 0.444 e. The fourth-order valence-corrected chi connectivity index (χ4v) is 3.89. The van der Waals surface area contributed by atoms with Crippen molar-refractivity contribution in [2.24, 2.45) is 5.92 Å². The number of hydrogen-bond donors (Lipinski definition) is 2. The van der Waals surface area contributed by atoms with E-state index in [2.05, 4.69) is 10.6 Å². The van der Waals surface area contributed by atoms with Crippen molar-refractivity contribution >= 4 is 12.1 Å². The molecule has 1 fully saturated rings. The molecule has 33 heavy (non-hydrogen) atoms. The van der Waals surface area contributed by atoms with Crippen molar-refractivity contribution in [3.63, 3.8) is 0 Å². The second-order valence-corrected chi connectivity index (χ2v) is 9.60. The molecule has 6 nitrogen and oxygen atoms in total. The SMILES string of the molecule is CC(C)(C)OC(=O)NCc1ccc(CNC(=O)N2CCC(Cc3cccc(F)c3)CC2)cc1. The molecule has 3 rings (SSSR count). The van der Waals surface area contributed by atoms with E-state index in [1.807, 2.05) is 56.0 Å². The van der Waals surface area contributed by atoms with Crippen molar-refractivity contribution in [1.82, 2.24) is 15.5 Å². The molecule has 2 N–H and O–H groups in total. The third-order valence-electron chi connectivity index (χ3n) is 5.62. The second kappa shape index (κ2) is 11.2. The third kappa shape index (κ3) is 8.40. The van der Waals surface area contributed by atoms with E-state index in [1.165, 1.54) is 6.07 Å². The predicted molar refractivity (Wildman–Crippen MR) is 126 cm³/mol. The van der Waals surface area contributed by atoms with Gasteiger partial charge in [0.2, 0.25) is 0 Å². The number of likely N-dealkylation sites (tertiary alicyclic amines) is 1. The zero-order valence-electron chi connectivity index (χ0n) is 19.7. The van der Waals surface area contributed by atoms with Crippen LogP contribution in [0.5, 0.6) is 0 Å². The van der Waals surface area contributed by atoms with Crippen LogP contribution in [0.25, 0.3) is 0 Å². The molecular weight excluding hydrogens is 421 g/mol. The van der Waals surface area contributed by atoms with E-state index in [0.717, 1.165) is 36.0 Å². The fourth-order valence-electron chi connectivity index (χ4n) is 3.89. The molecule has 1 heterocycles. The Morgan fingerprint density at radius 1 is 0.970 bits per heavy atom. The van der Waals surface area contributed by atoms with Gasteiger partial charge in [-0.1, -0.05) is 36.4 Å². The number of halogens is 1. The lowest BCUT2D eigenvalue weighted by atomic mass is 9.90. The maximum Gasteiger partial charge on any atom is 0.407 e. The molecule has 0 aliphatic carbocycles. The quantitative estimate of drug-likeness (QED) is 0.643. The fraction of sp³-hybridized carbons (Fsp3) is 0.462. The lowest BCUT2D eigenvalue weighted by Crippen LogP contribution is -2.44. The summed E-state index contributed by atoms with van der Waals surface area (Å²) in [5.41, 5.74) is 2.44. The number of rotatable bonds is 6. The highest BCUT2D eigenvalue weighted by atomic mass is 19.1. The zero-order valence-corrected chi connectivity index (χ0v) is 19.7. The summed E-state index contributed by atoms with van der Waals surface area (Å²) in [7, 11) is 0. The van der Waals surface area contributed by atoms with Crippen LogP contribution in [-0.2, 0) is 24.2 Å². The van der Waals surface area contributed by atoms with E-state index in [1.54, 1.807) is 12.1 Å². The first-order chi connectivity index (χ1) is 15.7. The number of nitrogens with zero attached hydrogens (tertiary/aromatic N) is 1. The van der Waals surface area contributed by atoms with Crippen molar-refractivity contribution in [3.05, 3.63) is 71.0 Å². The van der Waals surface area contributed by atoms with Crippen molar-refractivity contribution in [3.8, 4) is 0 Å². The van der Waals surface area contributed by atoms with Crippen molar-refractivity contribution in [2.45, 2.75) is 58.7 Å². The maximum absolute atomic E-state index is 13.4. The Kier molecular flexibility index (Phi) is 8.31. The van der Waals surface area contributed by atoms with Gasteiger partial charge in [-0.15, -0.1) is 0 Å². The Balaban J connectivity index is 1.37. The molecule has 1 saturated heterocycles. The molecule has 0 spiro atoms. The van der Waals surface area contributed by atoms with Crippen LogP contribution in [0.2, 0.25) is 0 Å². The van der Waals surface area contributed by atoms with E-state index >= 15 is 0 Å². The minimum atomic E-state index is -0.525. The average Bonchev–Trinajstić information content (AvgIpc) is 2.76. The van der Waals surface area contributed by atoms with Gasteiger partial charge in [0, 0.05) is 26.2 Å². The van der Waals surface area contributed by atoms with Crippen molar-refractivity contribution in [2.75, 3.05) is 13.1 Å². The molecule has 178 valence electrons. The minimum absolute atomic E-state index is 0.0603. The van der Waals surface area contributed by atoms with Gasteiger partial charge in [-0.25, -0.2) is 14.0 Å². The van der Waals surface area contributed by atoms with E-state index in [-0.39, 0.29) is 11.8 Å². The van der Waals surface area contributed by atoms with Crippen LogP contribution in [0, 0.1) is 11.7 Å². The summed E-state index contributed by atoms with van der Waals surface area (Å²) < 4.78 is 18.6. The Morgan fingerprint density at radius 2 is 1.58 bits per heavy atom. The van der Waals surface area contributed by atoms with Crippen molar-refractivity contribution in [1.29, 1.82) is 0 Å². The standard InChI is InChI=1S/C26H34FN3O3/c1-26(2,3)33-25(32)29-18-21-9-7-20(8-10-21)17-28-24(31)30-13-11-19(12-14-30)15-22-5-4-6-23(27)16-22/h4-10,16,19H,11-15,17-18H2,1-3H3,(H,28,31)(H,29,32). The lowest BCUT2D eigenvalue weighted by Gasteiger charge is -2.32. The number of ether oxygens (including phenoxy) is 1. The van der Waals surface area contributed by atoms with E-state index < -0.39 is 11.7 Å². The third-order valence-corrected chi connectivity index (χ3v) is 5.62. The summed E-state index contributed by atoms with van der Waals surface area (Å²) in [6, 6.07) is 14.4. The average molecular weight is 456 g/mol. The van der Waals surface area contributed by atoms with Gasteiger partial charge >= 0.3 is 12.1 Å². The van der Waals surface area contributed by atoms with Crippen LogP contribution in [-0.4, -0.2) is 35.7 Å². The van der Waals surface area contributed by atoms with Crippen LogP contribution in [0.3, 0.4) is 0 Å². The number of nitrogens with one attached hydrogen (secondary N) is 2. The molecule has 0 bridgehead atoms. The maximum atomic E-state index is 13.4. The Hall–Kier alpha value is -3.09. The molecule has 0 unspecified atom stereocenters. The Bertz CT molecular complexity index is 933. The summed E-state index contributed by atoms with van der Waals surface area (Å²) in [5.74, 6) is 0.273. The minimum Gasteiger partial charge on any atom is -0.444 e. The molecule has 2 aromatic rings. The highest BCUT2D eigenvalue weighted by Crippen LogP contribution is 2.22. The molecule has 1 aliphatic heterocycles. The molecule has 0 atom stereocenters. The topological polar surface area (TPSA) is 70.7 Å². The van der Waals surface area contributed by atoms with Crippen molar-refractivity contribution < 1.29 is 18.7 Å². The molecule has 0 saturated carbocycles. The summed E-state index contributed by atoms with van der Waals surface area (Å²) in [6.45, 7) is 7.72. The molecule has 2 aromatic carbocycles. The number of alkyl carbamates (subject to hydrolysis) is 1. The van der Waals surface area contributed by atoms with E-state index in [0.29, 0.717) is 32.1 Å². The number of amides is 3. The van der Waals surface area contributed by atoms with Gasteiger partial charge in [0.1, 0.15) is 11.4 Å². The summed E-state index contributed by atoms with van der Waals surface area (Å²) in [5, 5.41) is 5.72. The van der Waals surface area contributed by atoms with Gasteiger partial charge in [-0.3, -0.25) is 0 Å². The first-order valence-electron chi connectivity index (χ1n) is 11.5. The zero-order chi connectivity index (χ0) is 23.8. The van der Waals surface area contributed by atoms with E-state index in [9.17, 15) is 14.0 Å². The number of urea groups is 1. The van der Waals surface area contributed by atoms with Crippen LogP contribution >= 0.6 is 0 Å². The van der Waals surface area contributed by atoms with Gasteiger partial charge in [0.05, 0.1) is 0 Å². The smallest absolute Gasteiger partial charge is 0.407 e. The number of hydrogen-bond acceptors (Lipinski definition) is 3. The molecule has 0 aromatic heterocycles. The molecule has 7 heteroatoms. The van der Waals surface area contributed by atoms with Crippen LogP contribution < -0.4 is 10.6 Å². The number of piperidine rings is 1. The summed E-state index contributed by atoms with van der Waals surface area (Å²) in [4.78, 5) is 26.1. The molecular formula is C26H34FN3O3. The first-order valence-corrected chi connectivity index (χ1v) is 11.5. The number of carbonyl (C=O) groups excluding carboxylic acids is 2. The summed E-state index contributed by atoms with van der Waals surface area (Å²) >= 11 is 0. The monoisotopic (exact) mass is 455 g/mol. The Morgan fingerprint density at radius 3 is 2.15 bits per heavy atom. The summed E-state index contributed by atoms with van der Waals surface area (Å²) in [6.07, 6.45) is 2.24. The van der Waals surface area contributed by atoms with Crippen LogP contribution in [0.1, 0.15) is 50.3 Å². The van der Waals surface area contributed by atoms with Crippen LogP contribution in [0.4, 0.5) is 14.0 Å². The van der Waals surface area contributed by atoms with Crippen LogP contribution in [0.15, 0.2) is 48.5 Å². The van der Waals surface area contributed by atoms with Gasteiger partial charge in [0.15, 0.2) is 0 Å². The lowest BCUT2D eigenvalue weighted by molar-refractivity contribution is 0.0523. The normalized spacial score (nSPS) is 14.6. The highest BCUT2D eigenvalue weighted by molar-refractivity contribution is 5.74. The second-order valence-electron chi connectivity index (χ2n) is 9.60. The highest BCUT2D eigenvalue weighted by Gasteiger charge is 2.23. The molecule has 1 aliphatic rings. The van der Waals surface area contributed by atoms with Gasteiger partial charge in [-0.2, -0.15) is 0 Å². The molecule has 3 amide bonds. The van der Waals surface area contributed by atoms with Gasteiger partial charge in [-0.05, 0) is 74.8 Å². The van der Waals surface area contributed by atoms with Gasteiger partial charge in [0.25, 0.3) is 0 Å². The molecule has 0 radical (unpaired) electrons.